The molecule has 2 aliphatic heterocycles. The van der Waals surface area contributed by atoms with Gasteiger partial charge in [0.25, 0.3) is 0 Å². The number of ether oxygens (including phenoxy) is 1. The Kier molecular flexibility index (Phi) is 5.75. The molecule has 2 fully saturated rings. The second-order valence-electron chi connectivity index (χ2n) is 6.41. The van der Waals surface area contributed by atoms with Gasteiger partial charge in [-0.15, -0.1) is 0 Å². The van der Waals surface area contributed by atoms with E-state index in [1.165, 1.54) is 11.8 Å². The Labute approximate surface area is 161 Å². The lowest BCUT2D eigenvalue weighted by Crippen LogP contribution is -2.37. The average molecular weight is 412 g/mol. The van der Waals surface area contributed by atoms with Crippen molar-refractivity contribution in [2.75, 3.05) is 23.5 Å². The van der Waals surface area contributed by atoms with Gasteiger partial charge in [0.05, 0.1) is 24.7 Å². The number of amidine groups is 1. The van der Waals surface area contributed by atoms with Gasteiger partial charge in [-0.05, 0) is 18.6 Å². The van der Waals surface area contributed by atoms with Crippen LogP contribution in [0.2, 0.25) is 0 Å². The highest BCUT2D eigenvalue weighted by molar-refractivity contribution is 8.16. The molecule has 0 unspecified atom stereocenters. The highest BCUT2D eigenvalue weighted by atomic mass is 32.2. The summed E-state index contributed by atoms with van der Waals surface area (Å²) in [4.78, 5) is 28.7. The van der Waals surface area contributed by atoms with Crippen molar-refractivity contribution >= 4 is 44.3 Å². The first-order valence-electron chi connectivity index (χ1n) is 8.43. The number of aliphatic carboxylic acids is 1. The fourth-order valence-corrected chi connectivity index (χ4v) is 7.11. The number of benzene rings is 1. The van der Waals surface area contributed by atoms with Crippen molar-refractivity contribution in [2.45, 2.75) is 30.6 Å². The van der Waals surface area contributed by atoms with Crippen LogP contribution in [0.5, 0.6) is 5.75 Å². The fourth-order valence-electron chi connectivity index (χ4n) is 3.18. The van der Waals surface area contributed by atoms with Crippen LogP contribution in [-0.4, -0.2) is 60.5 Å². The highest BCUT2D eigenvalue weighted by Gasteiger charge is 2.49. The van der Waals surface area contributed by atoms with E-state index in [9.17, 15) is 18.0 Å². The number of carboxylic acid groups (broad SMARTS) is 1. The SMILES string of the molecule is COc1cccc(N2C(=NC(=O)CCCC(=O)O)S[C@@H]3CS(=O)(=O)C[C@@H]32)c1. The summed E-state index contributed by atoms with van der Waals surface area (Å²) in [6.07, 6.45) is 0.165. The van der Waals surface area contributed by atoms with Crippen LogP contribution in [0.3, 0.4) is 0 Å². The van der Waals surface area contributed by atoms with E-state index in [-0.39, 0.29) is 42.1 Å². The van der Waals surface area contributed by atoms with Crippen LogP contribution in [0.1, 0.15) is 19.3 Å². The first kappa shape index (κ1) is 19.7. The molecule has 0 saturated carbocycles. The number of sulfone groups is 1. The lowest BCUT2D eigenvalue weighted by molar-refractivity contribution is -0.137. The Bertz CT molecular complexity index is 883. The first-order valence-corrected chi connectivity index (χ1v) is 11.1. The molecule has 1 amide bonds. The van der Waals surface area contributed by atoms with Gasteiger partial charge < -0.3 is 14.7 Å². The van der Waals surface area contributed by atoms with Crippen LogP contribution in [0.25, 0.3) is 0 Å². The molecule has 8 nitrogen and oxygen atoms in total. The van der Waals surface area contributed by atoms with E-state index in [0.717, 1.165) is 0 Å². The molecule has 2 heterocycles. The van der Waals surface area contributed by atoms with Gasteiger partial charge in [0.2, 0.25) is 5.91 Å². The van der Waals surface area contributed by atoms with Crippen molar-refractivity contribution < 1.29 is 27.9 Å². The van der Waals surface area contributed by atoms with Crippen LogP contribution in [0.4, 0.5) is 5.69 Å². The molecule has 2 atom stereocenters. The largest absolute Gasteiger partial charge is 0.497 e. The van der Waals surface area contributed by atoms with E-state index in [1.807, 2.05) is 6.07 Å². The van der Waals surface area contributed by atoms with Gasteiger partial charge in [-0.1, -0.05) is 17.8 Å². The number of carbonyl (C=O) groups excluding carboxylic acids is 1. The third-order valence-electron chi connectivity index (χ3n) is 4.40. The van der Waals surface area contributed by atoms with E-state index < -0.39 is 21.7 Å². The third kappa shape index (κ3) is 4.62. The lowest BCUT2D eigenvalue weighted by atomic mass is 10.2. The smallest absolute Gasteiger partial charge is 0.303 e. The Morgan fingerprint density at radius 3 is 2.81 bits per heavy atom. The van der Waals surface area contributed by atoms with E-state index >= 15 is 0 Å². The summed E-state index contributed by atoms with van der Waals surface area (Å²) >= 11 is 1.29. The van der Waals surface area contributed by atoms with Crippen LogP contribution >= 0.6 is 11.8 Å². The number of carboxylic acids is 1. The number of hydrogen-bond donors (Lipinski definition) is 1. The van der Waals surface area contributed by atoms with E-state index in [0.29, 0.717) is 16.6 Å². The molecule has 1 N–H and O–H groups in total. The number of fused-ring (bicyclic) bond motifs is 1. The monoisotopic (exact) mass is 412 g/mol. The molecule has 146 valence electrons. The summed E-state index contributed by atoms with van der Waals surface area (Å²) in [7, 11) is -1.59. The maximum Gasteiger partial charge on any atom is 0.303 e. The fraction of sp³-hybridized carbons (Fsp3) is 0.471. The molecule has 10 heteroatoms. The number of hydrogen-bond acceptors (Lipinski definition) is 6. The van der Waals surface area contributed by atoms with Gasteiger partial charge in [0.15, 0.2) is 15.0 Å². The van der Waals surface area contributed by atoms with E-state index in [1.54, 1.807) is 30.2 Å². The zero-order chi connectivity index (χ0) is 19.6. The molecule has 2 saturated heterocycles. The normalized spacial score (nSPS) is 24.8. The molecule has 0 aliphatic carbocycles. The van der Waals surface area contributed by atoms with Crippen LogP contribution in [0.15, 0.2) is 29.3 Å². The second-order valence-corrected chi connectivity index (χ2v) is 9.77. The number of aliphatic imine (C=N–C) groups is 1. The summed E-state index contributed by atoms with van der Waals surface area (Å²) < 4.78 is 29.3. The minimum atomic E-state index is -3.14. The van der Waals surface area contributed by atoms with Gasteiger partial charge in [0.1, 0.15) is 5.75 Å². The Morgan fingerprint density at radius 1 is 1.33 bits per heavy atom. The van der Waals surface area contributed by atoms with Crippen molar-refractivity contribution in [3.63, 3.8) is 0 Å². The van der Waals surface area contributed by atoms with Crippen molar-refractivity contribution in [3.8, 4) is 5.75 Å². The molecule has 3 rings (SSSR count). The number of carbonyl (C=O) groups is 2. The quantitative estimate of drug-likeness (QED) is 0.749. The van der Waals surface area contributed by atoms with Crippen molar-refractivity contribution in [2.24, 2.45) is 4.99 Å². The Balaban J connectivity index is 1.87. The zero-order valence-corrected chi connectivity index (χ0v) is 16.3. The number of anilines is 1. The standard InChI is InChI=1S/C17H20N2O6S2/c1-25-12-5-2-4-11(8-12)19-13-9-27(23,24)10-14(13)26-17(19)18-15(20)6-3-7-16(21)22/h2,4-5,8,13-14H,3,6-7,9-10H2,1H3,(H,21,22)/t13-,14+/m0/s1. The maximum absolute atomic E-state index is 12.2. The molecule has 1 aromatic rings. The van der Waals surface area contributed by atoms with E-state index in [2.05, 4.69) is 4.99 Å². The van der Waals surface area contributed by atoms with Crippen LogP contribution in [-0.2, 0) is 19.4 Å². The molecule has 0 aromatic heterocycles. The number of methoxy groups -OCH3 is 1. The van der Waals surface area contributed by atoms with Gasteiger partial charge in [-0.3, -0.25) is 9.59 Å². The number of nitrogens with zero attached hydrogens (tertiary/aromatic N) is 2. The molecule has 0 bridgehead atoms. The van der Waals surface area contributed by atoms with Gasteiger partial charge in [0, 0.05) is 29.8 Å². The third-order valence-corrected chi connectivity index (χ3v) is 7.61. The minimum absolute atomic E-state index is 0.00804. The molecule has 0 spiro atoms. The summed E-state index contributed by atoms with van der Waals surface area (Å²) in [5.41, 5.74) is 0.712. The molecular weight excluding hydrogens is 392 g/mol. The number of rotatable bonds is 6. The maximum atomic E-state index is 12.2. The Morgan fingerprint density at radius 2 is 2.11 bits per heavy atom. The summed E-state index contributed by atoms with van der Waals surface area (Å²) in [5.74, 6) is -0.685. The van der Waals surface area contributed by atoms with Gasteiger partial charge >= 0.3 is 5.97 Å². The molecule has 0 radical (unpaired) electrons. The predicted octanol–water partition coefficient (Wildman–Crippen LogP) is 1.55. The first-order chi connectivity index (χ1) is 12.8. The number of thioether (sulfide) groups is 1. The molecule has 2 aliphatic rings. The lowest BCUT2D eigenvalue weighted by Gasteiger charge is -2.24. The van der Waals surface area contributed by atoms with Crippen LogP contribution in [0, 0.1) is 0 Å². The predicted molar refractivity (Wildman–Crippen MR) is 103 cm³/mol. The second kappa shape index (κ2) is 7.89. The topological polar surface area (TPSA) is 113 Å². The van der Waals surface area contributed by atoms with Crippen molar-refractivity contribution in [1.82, 2.24) is 0 Å². The molecular formula is C17H20N2O6S2. The van der Waals surface area contributed by atoms with Crippen molar-refractivity contribution in [3.05, 3.63) is 24.3 Å². The summed E-state index contributed by atoms with van der Waals surface area (Å²) in [6.45, 7) is 0. The Hall–Kier alpha value is -2.07. The number of amides is 1. The zero-order valence-electron chi connectivity index (χ0n) is 14.7. The van der Waals surface area contributed by atoms with E-state index in [4.69, 9.17) is 9.84 Å². The van der Waals surface area contributed by atoms with Gasteiger partial charge in [-0.25, -0.2) is 8.42 Å². The average Bonchev–Trinajstić information content (AvgIpc) is 3.05. The van der Waals surface area contributed by atoms with Crippen LogP contribution < -0.4 is 9.64 Å². The molecule has 27 heavy (non-hydrogen) atoms. The highest BCUT2D eigenvalue weighted by Crippen LogP contribution is 2.41. The molecule has 1 aromatic carbocycles. The summed E-state index contributed by atoms with van der Waals surface area (Å²) in [6, 6.07) is 6.88. The summed E-state index contributed by atoms with van der Waals surface area (Å²) in [5, 5.41) is 8.94. The minimum Gasteiger partial charge on any atom is -0.497 e. The van der Waals surface area contributed by atoms with Crippen molar-refractivity contribution in [1.29, 1.82) is 0 Å². The van der Waals surface area contributed by atoms with Gasteiger partial charge in [-0.2, -0.15) is 4.99 Å².